The molecule has 0 bridgehead atoms. The Kier molecular flexibility index (Phi) is 3.05. The largest absolute Gasteiger partial charge is 0.494 e. The van der Waals surface area contributed by atoms with Crippen molar-refractivity contribution in [2.45, 2.75) is 19.3 Å². The first kappa shape index (κ1) is 11.3. The molecule has 0 unspecified atom stereocenters. The van der Waals surface area contributed by atoms with E-state index in [1.807, 2.05) is 12.3 Å². The van der Waals surface area contributed by atoms with Gasteiger partial charge in [-0.15, -0.1) is 0 Å². The van der Waals surface area contributed by atoms with E-state index in [1.165, 1.54) is 24.6 Å². The van der Waals surface area contributed by atoms with Crippen LogP contribution >= 0.6 is 0 Å². The summed E-state index contributed by atoms with van der Waals surface area (Å²) in [5, 5.41) is 2.34. The quantitative estimate of drug-likeness (QED) is 0.808. The minimum absolute atomic E-state index is 0.853. The summed E-state index contributed by atoms with van der Waals surface area (Å²) in [5.74, 6) is 1.96. The Morgan fingerprint density at radius 2 is 1.78 bits per heavy atom. The number of methoxy groups -OCH3 is 1. The van der Waals surface area contributed by atoms with E-state index < -0.39 is 0 Å². The molecule has 0 atom stereocenters. The Bertz CT molecular complexity index is 547. The van der Waals surface area contributed by atoms with Crippen molar-refractivity contribution in [3.05, 3.63) is 30.5 Å². The maximum atomic E-state index is 5.39. The SMILES string of the molecule is COc1cnc(N2CCCCC2)c2ccccc12. The summed E-state index contributed by atoms with van der Waals surface area (Å²) in [4.78, 5) is 7.00. The molecule has 1 saturated heterocycles. The van der Waals surface area contributed by atoms with Gasteiger partial charge in [0, 0.05) is 23.9 Å². The van der Waals surface area contributed by atoms with Gasteiger partial charge in [0.15, 0.2) is 0 Å². The maximum absolute atomic E-state index is 5.39. The number of hydrogen-bond acceptors (Lipinski definition) is 3. The normalized spacial score (nSPS) is 15.9. The average molecular weight is 242 g/mol. The number of pyridine rings is 1. The van der Waals surface area contributed by atoms with Crippen molar-refractivity contribution in [2.75, 3.05) is 25.1 Å². The number of anilines is 1. The molecule has 1 aliphatic rings. The highest BCUT2D eigenvalue weighted by Gasteiger charge is 2.16. The molecule has 1 aromatic carbocycles. The van der Waals surface area contributed by atoms with Gasteiger partial charge in [-0.2, -0.15) is 0 Å². The average Bonchev–Trinajstić information content (AvgIpc) is 2.47. The Morgan fingerprint density at radius 3 is 2.50 bits per heavy atom. The molecule has 0 saturated carbocycles. The third-order valence-corrected chi connectivity index (χ3v) is 3.61. The van der Waals surface area contributed by atoms with Crippen LogP contribution in [0.25, 0.3) is 10.8 Å². The lowest BCUT2D eigenvalue weighted by molar-refractivity contribution is 0.418. The standard InChI is InChI=1S/C15H18N2O/c1-18-14-11-16-15(17-9-5-2-6-10-17)13-8-4-3-7-12(13)14/h3-4,7-8,11H,2,5-6,9-10H2,1H3. The second-order valence-corrected chi connectivity index (χ2v) is 4.74. The fourth-order valence-electron chi connectivity index (χ4n) is 2.67. The summed E-state index contributed by atoms with van der Waals surface area (Å²) in [7, 11) is 1.70. The lowest BCUT2D eigenvalue weighted by atomic mass is 10.1. The molecule has 1 aliphatic heterocycles. The first-order chi connectivity index (χ1) is 8.90. The third kappa shape index (κ3) is 1.90. The summed E-state index contributed by atoms with van der Waals surface area (Å²) in [6.45, 7) is 2.23. The minimum Gasteiger partial charge on any atom is -0.494 e. The van der Waals surface area contributed by atoms with Crippen molar-refractivity contribution >= 4 is 16.6 Å². The second-order valence-electron chi connectivity index (χ2n) is 4.74. The zero-order valence-electron chi connectivity index (χ0n) is 10.7. The molecule has 18 heavy (non-hydrogen) atoms. The van der Waals surface area contributed by atoms with Crippen molar-refractivity contribution in [1.29, 1.82) is 0 Å². The van der Waals surface area contributed by atoms with Crippen LogP contribution in [0.2, 0.25) is 0 Å². The highest BCUT2D eigenvalue weighted by atomic mass is 16.5. The van der Waals surface area contributed by atoms with E-state index in [2.05, 4.69) is 28.1 Å². The molecule has 2 aromatic rings. The number of piperidine rings is 1. The number of benzene rings is 1. The molecule has 1 fully saturated rings. The molecule has 0 amide bonds. The summed E-state index contributed by atoms with van der Waals surface area (Å²) in [6.07, 6.45) is 5.71. The van der Waals surface area contributed by atoms with Crippen LogP contribution in [0, 0.1) is 0 Å². The molecule has 0 aliphatic carbocycles. The smallest absolute Gasteiger partial charge is 0.145 e. The van der Waals surface area contributed by atoms with Crippen molar-refractivity contribution in [2.24, 2.45) is 0 Å². The predicted octanol–water partition coefficient (Wildman–Crippen LogP) is 3.23. The monoisotopic (exact) mass is 242 g/mol. The lowest BCUT2D eigenvalue weighted by Crippen LogP contribution is -2.30. The first-order valence-corrected chi connectivity index (χ1v) is 6.57. The van der Waals surface area contributed by atoms with E-state index in [0.717, 1.165) is 30.0 Å². The van der Waals surface area contributed by atoms with Crippen molar-refractivity contribution in [1.82, 2.24) is 4.98 Å². The molecule has 1 aromatic heterocycles. The van der Waals surface area contributed by atoms with Crippen LogP contribution in [0.3, 0.4) is 0 Å². The maximum Gasteiger partial charge on any atom is 0.145 e. The zero-order chi connectivity index (χ0) is 12.4. The highest BCUT2D eigenvalue weighted by Crippen LogP contribution is 2.32. The molecular weight excluding hydrogens is 224 g/mol. The molecule has 0 N–H and O–H groups in total. The van der Waals surface area contributed by atoms with Gasteiger partial charge in [-0.05, 0) is 19.3 Å². The van der Waals surface area contributed by atoms with Gasteiger partial charge in [0.1, 0.15) is 11.6 Å². The Labute approximate surface area is 107 Å². The van der Waals surface area contributed by atoms with Crippen LogP contribution in [-0.4, -0.2) is 25.2 Å². The van der Waals surface area contributed by atoms with Gasteiger partial charge < -0.3 is 9.64 Å². The Balaban J connectivity index is 2.12. The number of ether oxygens (including phenoxy) is 1. The third-order valence-electron chi connectivity index (χ3n) is 3.61. The molecule has 3 rings (SSSR count). The van der Waals surface area contributed by atoms with Gasteiger partial charge in [-0.3, -0.25) is 0 Å². The molecule has 94 valence electrons. The fraction of sp³-hybridized carbons (Fsp3) is 0.400. The first-order valence-electron chi connectivity index (χ1n) is 6.57. The van der Waals surface area contributed by atoms with Gasteiger partial charge >= 0.3 is 0 Å². The highest BCUT2D eigenvalue weighted by molar-refractivity contribution is 5.96. The van der Waals surface area contributed by atoms with Crippen LogP contribution < -0.4 is 9.64 Å². The van der Waals surface area contributed by atoms with Crippen LogP contribution in [0.4, 0.5) is 5.82 Å². The lowest BCUT2D eigenvalue weighted by Gasteiger charge is -2.28. The minimum atomic E-state index is 0.853. The summed E-state index contributed by atoms with van der Waals surface area (Å²) in [6, 6.07) is 8.35. The molecular formula is C15H18N2O. The summed E-state index contributed by atoms with van der Waals surface area (Å²) >= 11 is 0. The van der Waals surface area contributed by atoms with Crippen LogP contribution in [-0.2, 0) is 0 Å². The van der Waals surface area contributed by atoms with Crippen molar-refractivity contribution in [3.8, 4) is 5.75 Å². The number of aromatic nitrogens is 1. The van der Waals surface area contributed by atoms with Crippen LogP contribution in [0.5, 0.6) is 5.75 Å². The van der Waals surface area contributed by atoms with Gasteiger partial charge in [0.2, 0.25) is 0 Å². The molecule has 0 spiro atoms. The van der Waals surface area contributed by atoms with Crippen molar-refractivity contribution in [3.63, 3.8) is 0 Å². The number of rotatable bonds is 2. The molecule has 2 heterocycles. The van der Waals surface area contributed by atoms with E-state index in [9.17, 15) is 0 Å². The molecule has 0 radical (unpaired) electrons. The van der Waals surface area contributed by atoms with Gasteiger partial charge in [-0.25, -0.2) is 4.98 Å². The van der Waals surface area contributed by atoms with Crippen LogP contribution in [0.1, 0.15) is 19.3 Å². The fourth-order valence-corrected chi connectivity index (χ4v) is 2.67. The molecule has 3 nitrogen and oxygen atoms in total. The topological polar surface area (TPSA) is 25.4 Å². The second kappa shape index (κ2) is 4.84. The van der Waals surface area contributed by atoms with E-state index in [0.29, 0.717) is 0 Å². The predicted molar refractivity (Wildman–Crippen MR) is 74.4 cm³/mol. The van der Waals surface area contributed by atoms with Gasteiger partial charge in [-0.1, -0.05) is 24.3 Å². The Morgan fingerprint density at radius 1 is 1.06 bits per heavy atom. The summed E-state index contributed by atoms with van der Waals surface area (Å²) in [5.41, 5.74) is 0. The van der Waals surface area contributed by atoms with E-state index >= 15 is 0 Å². The van der Waals surface area contributed by atoms with E-state index in [1.54, 1.807) is 7.11 Å². The molecule has 3 heteroatoms. The number of nitrogens with zero attached hydrogens (tertiary/aromatic N) is 2. The van der Waals surface area contributed by atoms with Gasteiger partial charge in [0.25, 0.3) is 0 Å². The van der Waals surface area contributed by atoms with Crippen LogP contribution in [0.15, 0.2) is 30.5 Å². The van der Waals surface area contributed by atoms with E-state index in [-0.39, 0.29) is 0 Å². The van der Waals surface area contributed by atoms with E-state index in [4.69, 9.17) is 4.74 Å². The van der Waals surface area contributed by atoms with Crippen molar-refractivity contribution < 1.29 is 4.74 Å². The number of fused-ring (bicyclic) bond motifs is 1. The number of hydrogen-bond donors (Lipinski definition) is 0. The summed E-state index contributed by atoms with van der Waals surface area (Å²) < 4.78 is 5.39. The Hall–Kier alpha value is -1.77. The van der Waals surface area contributed by atoms with Gasteiger partial charge in [0.05, 0.1) is 13.3 Å². The zero-order valence-corrected chi connectivity index (χ0v) is 10.7.